The summed E-state index contributed by atoms with van der Waals surface area (Å²) in [6, 6.07) is 11.6. The van der Waals surface area contributed by atoms with E-state index in [-0.39, 0.29) is 0 Å². The first-order chi connectivity index (χ1) is 8.74. The van der Waals surface area contributed by atoms with Gasteiger partial charge < -0.3 is 0 Å². The van der Waals surface area contributed by atoms with Crippen LogP contribution in [0.4, 0.5) is 0 Å². The molecule has 1 atom stereocenters. The molecule has 2 rings (SSSR count). The lowest BCUT2D eigenvalue weighted by atomic mass is 9.79. The number of rotatable bonds is 3. The molecular weight excluding hydrogens is 218 g/mol. The second-order valence-corrected chi connectivity index (χ2v) is 5.65. The summed E-state index contributed by atoms with van der Waals surface area (Å²) >= 11 is 0. The van der Waals surface area contributed by atoms with Crippen LogP contribution in [0.1, 0.15) is 68.9 Å². The van der Waals surface area contributed by atoms with E-state index in [1.807, 2.05) is 0 Å². The van der Waals surface area contributed by atoms with Crippen LogP contribution >= 0.6 is 0 Å². The van der Waals surface area contributed by atoms with Gasteiger partial charge in [0.05, 0.1) is 6.07 Å². The minimum absolute atomic E-state index is 0.306. The van der Waals surface area contributed by atoms with Gasteiger partial charge in [-0.1, -0.05) is 38.1 Å². The Labute approximate surface area is 111 Å². The van der Waals surface area contributed by atoms with Gasteiger partial charge in [0, 0.05) is 5.92 Å². The largest absolute Gasteiger partial charge is 0.198 e. The van der Waals surface area contributed by atoms with Gasteiger partial charge >= 0.3 is 0 Å². The third kappa shape index (κ3) is 2.93. The van der Waals surface area contributed by atoms with Crippen molar-refractivity contribution in [2.24, 2.45) is 5.92 Å². The summed E-state index contributed by atoms with van der Waals surface area (Å²) in [7, 11) is 0. The first-order valence-electron chi connectivity index (χ1n) is 7.24. The molecular formula is C17H23N. The molecule has 1 aliphatic rings. The van der Waals surface area contributed by atoms with Crippen LogP contribution in [0.3, 0.4) is 0 Å². The zero-order valence-corrected chi connectivity index (χ0v) is 11.5. The number of benzene rings is 1. The van der Waals surface area contributed by atoms with E-state index in [1.165, 1.54) is 30.4 Å². The highest BCUT2D eigenvalue weighted by atomic mass is 14.3. The molecule has 1 aliphatic carbocycles. The van der Waals surface area contributed by atoms with Gasteiger partial charge in [0.2, 0.25) is 0 Å². The smallest absolute Gasteiger partial charge is 0.0655 e. The van der Waals surface area contributed by atoms with E-state index < -0.39 is 0 Å². The summed E-state index contributed by atoms with van der Waals surface area (Å²) in [6.45, 7) is 4.52. The second kappa shape index (κ2) is 6.05. The second-order valence-electron chi connectivity index (χ2n) is 5.65. The normalized spacial score (nSPS) is 25.4. The van der Waals surface area contributed by atoms with Gasteiger partial charge in [-0.05, 0) is 55.1 Å². The molecule has 0 heterocycles. The maximum atomic E-state index is 8.92. The maximum Gasteiger partial charge on any atom is 0.0655 e. The number of hydrogen-bond acceptors (Lipinski definition) is 1. The van der Waals surface area contributed by atoms with Gasteiger partial charge in [-0.25, -0.2) is 0 Å². The fourth-order valence-electron chi connectivity index (χ4n) is 2.89. The van der Waals surface area contributed by atoms with Gasteiger partial charge in [-0.2, -0.15) is 5.26 Å². The van der Waals surface area contributed by atoms with E-state index in [4.69, 9.17) is 5.26 Å². The Morgan fingerprint density at radius 2 is 1.78 bits per heavy atom. The maximum absolute atomic E-state index is 8.92. The fraction of sp³-hybridized carbons (Fsp3) is 0.588. The molecule has 0 N–H and O–H groups in total. The highest BCUT2D eigenvalue weighted by molar-refractivity contribution is 5.27. The first-order valence-corrected chi connectivity index (χ1v) is 7.24. The van der Waals surface area contributed by atoms with Crippen molar-refractivity contribution in [2.45, 2.75) is 57.8 Å². The zero-order chi connectivity index (χ0) is 13.0. The van der Waals surface area contributed by atoms with Crippen LogP contribution in [-0.2, 0) is 0 Å². The van der Waals surface area contributed by atoms with E-state index in [0.29, 0.717) is 17.8 Å². The molecule has 1 aromatic rings. The molecule has 1 saturated carbocycles. The van der Waals surface area contributed by atoms with Gasteiger partial charge in [0.15, 0.2) is 0 Å². The molecule has 0 radical (unpaired) electrons. The topological polar surface area (TPSA) is 23.8 Å². The molecule has 0 amide bonds. The van der Waals surface area contributed by atoms with Gasteiger partial charge in [-0.3, -0.25) is 0 Å². The van der Waals surface area contributed by atoms with Crippen LogP contribution in [0.15, 0.2) is 24.3 Å². The van der Waals surface area contributed by atoms with Gasteiger partial charge in [0.25, 0.3) is 0 Å². The van der Waals surface area contributed by atoms with E-state index >= 15 is 0 Å². The standard InChI is InChI=1S/C17H23N/c1-3-13(2)15-8-10-17(11-9-15)16-6-4-14(12-18)5-7-16/h8-11,13-14,16H,3-7H2,1-2H3. The molecule has 1 fully saturated rings. The van der Waals surface area contributed by atoms with Crippen LogP contribution in [0.25, 0.3) is 0 Å². The van der Waals surface area contributed by atoms with Gasteiger partial charge in [-0.15, -0.1) is 0 Å². The average Bonchev–Trinajstić information content (AvgIpc) is 2.47. The lowest BCUT2D eigenvalue weighted by Crippen LogP contribution is -2.11. The average molecular weight is 241 g/mol. The third-order valence-corrected chi connectivity index (χ3v) is 4.50. The van der Waals surface area contributed by atoms with Crippen molar-refractivity contribution in [3.05, 3.63) is 35.4 Å². The van der Waals surface area contributed by atoms with Crippen molar-refractivity contribution in [2.75, 3.05) is 0 Å². The fourth-order valence-corrected chi connectivity index (χ4v) is 2.89. The number of nitrogens with zero attached hydrogens (tertiary/aromatic N) is 1. The summed E-state index contributed by atoms with van der Waals surface area (Å²) in [6.07, 6.45) is 5.72. The van der Waals surface area contributed by atoms with E-state index in [9.17, 15) is 0 Å². The Kier molecular flexibility index (Phi) is 4.42. The zero-order valence-electron chi connectivity index (χ0n) is 11.5. The molecule has 96 valence electrons. The van der Waals surface area contributed by atoms with Crippen LogP contribution in [0, 0.1) is 17.2 Å². The molecule has 0 saturated heterocycles. The van der Waals surface area contributed by atoms with Crippen LogP contribution in [0.2, 0.25) is 0 Å². The predicted molar refractivity (Wildman–Crippen MR) is 75.5 cm³/mol. The third-order valence-electron chi connectivity index (χ3n) is 4.50. The van der Waals surface area contributed by atoms with Crippen molar-refractivity contribution < 1.29 is 0 Å². The number of nitriles is 1. The minimum Gasteiger partial charge on any atom is -0.198 e. The van der Waals surface area contributed by atoms with Crippen molar-refractivity contribution in [1.82, 2.24) is 0 Å². The van der Waals surface area contributed by atoms with Crippen molar-refractivity contribution in [1.29, 1.82) is 5.26 Å². The Bertz CT molecular complexity index is 404. The Morgan fingerprint density at radius 1 is 1.17 bits per heavy atom. The molecule has 1 aromatic carbocycles. The van der Waals surface area contributed by atoms with E-state index in [0.717, 1.165) is 12.8 Å². The van der Waals surface area contributed by atoms with E-state index in [2.05, 4.69) is 44.2 Å². The molecule has 0 aliphatic heterocycles. The summed E-state index contributed by atoms with van der Waals surface area (Å²) in [5, 5.41) is 8.92. The summed E-state index contributed by atoms with van der Waals surface area (Å²) in [5.74, 6) is 1.65. The minimum atomic E-state index is 0.306. The molecule has 1 unspecified atom stereocenters. The molecule has 1 nitrogen and oxygen atoms in total. The monoisotopic (exact) mass is 241 g/mol. The Hall–Kier alpha value is -1.29. The summed E-state index contributed by atoms with van der Waals surface area (Å²) in [5.41, 5.74) is 2.92. The molecule has 1 heteroatoms. The lowest BCUT2D eigenvalue weighted by molar-refractivity contribution is 0.382. The van der Waals surface area contributed by atoms with E-state index in [1.54, 1.807) is 0 Å². The molecule has 0 spiro atoms. The van der Waals surface area contributed by atoms with Crippen molar-refractivity contribution in [3.8, 4) is 6.07 Å². The molecule has 0 aromatic heterocycles. The van der Waals surface area contributed by atoms with Crippen molar-refractivity contribution in [3.63, 3.8) is 0 Å². The highest BCUT2D eigenvalue weighted by Gasteiger charge is 2.21. The first kappa shape index (κ1) is 13.1. The SMILES string of the molecule is CCC(C)c1ccc(C2CCC(C#N)CC2)cc1. The van der Waals surface area contributed by atoms with Gasteiger partial charge in [0.1, 0.15) is 0 Å². The highest BCUT2D eigenvalue weighted by Crippen LogP contribution is 2.35. The Morgan fingerprint density at radius 3 is 2.28 bits per heavy atom. The van der Waals surface area contributed by atoms with Crippen LogP contribution < -0.4 is 0 Å². The predicted octanol–water partition coefficient (Wildman–Crippen LogP) is 5.00. The van der Waals surface area contributed by atoms with Crippen molar-refractivity contribution >= 4 is 0 Å². The lowest BCUT2D eigenvalue weighted by Gasteiger charge is -2.25. The molecule has 0 bridgehead atoms. The number of hydrogen-bond donors (Lipinski definition) is 0. The summed E-state index contributed by atoms with van der Waals surface area (Å²) < 4.78 is 0. The van der Waals surface area contributed by atoms with Crippen LogP contribution in [0.5, 0.6) is 0 Å². The molecule has 18 heavy (non-hydrogen) atoms. The summed E-state index contributed by atoms with van der Waals surface area (Å²) in [4.78, 5) is 0. The quantitative estimate of drug-likeness (QED) is 0.730. The Balaban J connectivity index is 2.00. The van der Waals surface area contributed by atoms with Crippen LogP contribution in [-0.4, -0.2) is 0 Å².